The molecule has 1 aliphatic rings. The molecular weight excluding hydrogens is 330 g/mol. The summed E-state index contributed by atoms with van der Waals surface area (Å²) >= 11 is 0. The summed E-state index contributed by atoms with van der Waals surface area (Å²) in [5.41, 5.74) is 4.21. The molecule has 2 heterocycles. The van der Waals surface area contributed by atoms with Crippen molar-refractivity contribution >= 4 is 17.6 Å². The van der Waals surface area contributed by atoms with E-state index in [1.54, 1.807) is 11.0 Å². The zero-order chi connectivity index (χ0) is 19.0. The highest BCUT2D eigenvalue weighted by Crippen LogP contribution is 2.36. The van der Waals surface area contributed by atoms with Crippen LogP contribution in [0.3, 0.4) is 0 Å². The number of anilines is 1. The molecule has 26 heavy (non-hydrogen) atoms. The van der Waals surface area contributed by atoms with Gasteiger partial charge in [0.05, 0.1) is 12.1 Å². The van der Waals surface area contributed by atoms with E-state index in [1.165, 1.54) is 0 Å². The van der Waals surface area contributed by atoms with Crippen molar-refractivity contribution in [1.82, 2.24) is 9.78 Å². The zero-order valence-electron chi connectivity index (χ0n) is 15.7. The second-order valence-electron chi connectivity index (χ2n) is 7.36. The van der Waals surface area contributed by atoms with Gasteiger partial charge in [-0.1, -0.05) is 32.0 Å². The summed E-state index contributed by atoms with van der Waals surface area (Å²) in [6, 6.07) is 7.25. The van der Waals surface area contributed by atoms with Crippen molar-refractivity contribution in [2.45, 2.75) is 46.6 Å². The topological polar surface area (TPSA) is 75.4 Å². The predicted octanol–water partition coefficient (Wildman–Crippen LogP) is 2.91. The van der Waals surface area contributed by atoms with Gasteiger partial charge in [0, 0.05) is 30.0 Å². The molecule has 2 aromatic rings. The smallest absolute Gasteiger partial charge is 0.312 e. The lowest BCUT2D eigenvalue weighted by atomic mass is 10.0. The lowest BCUT2D eigenvalue weighted by Gasteiger charge is -2.17. The minimum Gasteiger partial charge on any atom is -0.481 e. The number of para-hydroxylation sites is 1. The van der Waals surface area contributed by atoms with Crippen molar-refractivity contribution in [2.75, 3.05) is 11.4 Å². The quantitative estimate of drug-likeness (QED) is 0.895. The van der Waals surface area contributed by atoms with Gasteiger partial charge in [0.15, 0.2) is 0 Å². The zero-order valence-corrected chi connectivity index (χ0v) is 15.7. The number of aromatic nitrogens is 2. The number of hydrogen-bond donors (Lipinski definition) is 1. The summed E-state index contributed by atoms with van der Waals surface area (Å²) in [6.45, 7) is 9.18. The third-order valence-corrected chi connectivity index (χ3v) is 4.96. The molecule has 6 nitrogen and oxygen atoms in total. The number of carboxylic acid groups (broad SMARTS) is 1. The fraction of sp³-hybridized carbons (Fsp3) is 0.450. The summed E-state index contributed by atoms with van der Waals surface area (Å²) in [7, 11) is 0. The van der Waals surface area contributed by atoms with Gasteiger partial charge in [-0.05, 0) is 31.4 Å². The number of carbonyl (C=O) groups excluding carboxylic acids is 1. The maximum atomic E-state index is 13.0. The van der Waals surface area contributed by atoms with Crippen molar-refractivity contribution in [3.63, 3.8) is 0 Å². The highest BCUT2D eigenvalue weighted by atomic mass is 16.4. The molecule has 138 valence electrons. The van der Waals surface area contributed by atoms with Gasteiger partial charge in [-0.15, -0.1) is 0 Å². The number of amides is 1. The third kappa shape index (κ3) is 3.23. The molecule has 1 aliphatic heterocycles. The van der Waals surface area contributed by atoms with E-state index in [0.717, 1.165) is 23.5 Å². The first-order valence-corrected chi connectivity index (χ1v) is 8.94. The maximum absolute atomic E-state index is 13.0. The van der Waals surface area contributed by atoms with E-state index in [-0.39, 0.29) is 18.9 Å². The maximum Gasteiger partial charge on any atom is 0.312 e. The van der Waals surface area contributed by atoms with Crippen LogP contribution in [0.25, 0.3) is 0 Å². The van der Waals surface area contributed by atoms with E-state index in [2.05, 4.69) is 18.9 Å². The highest BCUT2D eigenvalue weighted by Gasteiger charge is 2.36. The van der Waals surface area contributed by atoms with Gasteiger partial charge in [-0.2, -0.15) is 5.10 Å². The molecule has 0 fully saturated rings. The van der Waals surface area contributed by atoms with Crippen molar-refractivity contribution in [2.24, 2.45) is 5.92 Å². The number of nitrogens with zero attached hydrogens (tertiary/aromatic N) is 3. The summed E-state index contributed by atoms with van der Waals surface area (Å²) in [4.78, 5) is 26.1. The fourth-order valence-electron chi connectivity index (χ4n) is 3.61. The van der Waals surface area contributed by atoms with Crippen LogP contribution in [0.1, 0.15) is 42.3 Å². The van der Waals surface area contributed by atoms with E-state index in [0.29, 0.717) is 17.2 Å². The lowest BCUT2D eigenvalue weighted by Crippen LogP contribution is -2.32. The number of carboxylic acids is 1. The number of hydrogen-bond acceptors (Lipinski definition) is 3. The van der Waals surface area contributed by atoms with Crippen LogP contribution < -0.4 is 4.90 Å². The molecule has 0 spiro atoms. The van der Waals surface area contributed by atoms with Crippen LogP contribution in [0, 0.1) is 19.8 Å². The Morgan fingerprint density at radius 1 is 1.27 bits per heavy atom. The summed E-state index contributed by atoms with van der Waals surface area (Å²) in [5.74, 6) is -1.18. The van der Waals surface area contributed by atoms with Gasteiger partial charge < -0.3 is 10.0 Å². The van der Waals surface area contributed by atoms with E-state index in [9.17, 15) is 14.7 Å². The van der Waals surface area contributed by atoms with Crippen LogP contribution in [-0.2, 0) is 22.6 Å². The second-order valence-corrected chi connectivity index (χ2v) is 7.36. The number of rotatable bonds is 5. The number of aliphatic carboxylic acids is 1. The SMILES string of the molecule is Cc1nn(CC(C)C)c(C)c1CC(=O)N1CC(C(=O)O)c2ccccc21. The predicted molar refractivity (Wildman–Crippen MR) is 99.4 cm³/mol. The van der Waals surface area contributed by atoms with Gasteiger partial charge in [0.25, 0.3) is 0 Å². The van der Waals surface area contributed by atoms with Crippen LogP contribution in [0.4, 0.5) is 5.69 Å². The molecule has 0 saturated carbocycles. The molecule has 1 aromatic carbocycles. The van der Waals surface area contributed by atoms with E-state index in [1.807, 2.05) is 36.7 Å². The van der Waals surface area contributed by atoms with E-state index >= 15 is 0 Å². The number of aryl methyl sites for hydroxylation is 1. The molecule has 1 unspecified atom stereocenters. The summed E-state index contributed by atoms with van der Waals surface area (Å²) < 4.78 is 1.96. The Morgan fingerprint density at radius 3 is 2.62 bits per heavy atom. The Hall–Kier alpha value is -2.63. The van der Waals surface area contributed by atoms with Crippen molar-refractivity contribution in [1.29, 1.82) is 0 Å². The molecule has 0 radical (unpaired) electrons. The van der Waals surface area contributed by atoms with Crippen molar-refractivity contribution < 1.29 is 14.7 Å². The first-order chi connectivity index (χ1) is 12.3. The first-order valence-electron chi connectivity index (χ1n) is 8.94. The Balaban J connectivity index is 1.86. The molecule has 3 rings (SSSR count). The molecule has 6 heteroatoms. The normalized spacial score (nSPS) is 16.2. The summed E-state index contributed by atoms with van der Waals surface area (Å²) in [6.07, 6.45) is 0.233. The van der Waals surface area contributed by atoms with Gasteiger partial charge in [0.2, 0.25) is 5.91 Å². The molecule has 0 aliphatic carbocycles. The standard InChI is InChI=1S/C20H25N3O3/c1-12(2)10-23-14(4)16(13(3)21-23)9-19(24)22-11-17(20(25)26)15-7-5-6-8-18(15)22/h5-8,12,17H,9-11H2,1-4H3,(H,25,26). The number of carbonyl (C=O) groups is 2. The summed E-state index contributed by atoms with van der Waals surface area (Å²) in [5, 5.41) is 14.0. The van der Waals surface area contributed by atoms with Crippen LogP contribution in [0.5, 0.6) is 0 Å². The second kappa shape index (κ2) is 6.94. The number of benzene rings is 1. The molecule has 1 amide bonds. The van der Waals surface area contributed by atoms with Gasteiger partial charge in [-0.25, -0.2) is 0 Å². The molecule has 1 atom stereocenters. The minimum absolute atomic E-state index is 0.0866. The van der Waals surface area contributed by atoms with Gasteiger partial charge >= 0.3 is 5.97 Å². The molecule has 1 aromatic heterocycles. The van der Waals surface area contributed by atoms with Crippen molar-refractivity contribution in [3.8, 4) is 0 Å². The van der Waals surface area contributed by atoms with Gasteiger partial charge in [0.1, 0.15) is 5.92 Å². The Bertz CT molecular complexity index is 854. The number of fused-ring (bicyclic) bond motifs is 1. The van der Waals surface area contributed by atoms with Crippen LogP contribution in [0.15, 0.2) is 24.3 Å². The highest BCUT2D eigenvalue weighted by molar-refractivity contribution is 6.00. The Labute approximate surface area is 153 Å². The fourth-order valence-corrected chi connectivity index (χ4v) is 3.61. The molecular formula is C20H25N3O3. The average molecular weight is 355 g/mol. The minimum atomic E-state index is -0.898. The van der Waals surface area contributed by atoms with Crippen molar-refractivity contribution in [3.05, 3.63) is 46.8 Å². The van der Waals surface area contributed by atoms with Crippen LogP contribution in [0.2, 0.25) is 0 Å². The molecule has 1 N–H and O–H groups in total. The lowest BCUT2D eigenvalue weighted by molar-refractivity contribution is -0.138. The molecule has 0 bridgehead atoms. The van der Waals surface area contributed by atoms with Crippen LogP contribution in [-0.4, -0.2) is 33.3 Å². The van der Waals surface area contributed by atoms with E-state index in [4.69, 9.17) is 0 Å². The largest absolute Gasteiger partial charge is 0.481 e. The van der Waals surface area contributed by atoms with E-state index < -0.39 is 11.9 Å². The molecule has 0 saturated heterocycles. The van der Waals surface area contributed by atoms with Gasteiger partial charge in [-0.3, -0.25) is 14.3 Å². The Morgan fingerprint density at radius 2 is 1.96 bits per heavy atom. The average Bonchev–Trinajstić information content (AvgIpc) is 3.08. The van der Waals surface area contributed by atoms with Crippen LogP contribution >= 0.6 is 0 Å². The third-order valence-electron chi connectivity index (χ3n) is 4.96. The first kappa shape index (κ1) is 18.2. The monoisotopic (exact) mass is 355 g/mol. The Kier molecular flexibility index (Phi) is 4.85.